The third-order valence-corrected chi connectivity index (χ3v) is 19.2. The van der Waals surface area contributed by atoms with Crippen molar-refractivity contribution in [2.24, 2.45) is 0 Å². The van der Waals surface area contributed by atoms with Crippen LogP contribution in [0, 0.1) is 0 Å². The van der Waals surface area contributed by atoms with Crippen LogP contribution in [-0.4, -0.2) is 33.8 Å². The molecule has 0 heterocycles. The van der Waals surface area contributed by atoms with E-state index in [-0.39, 0.29) is 29.7 Å². The van der Waals surface area contributed by atoms with Crippen LogP contribution < -0.4 is 10.4 Å². The Morgan fingerprint density at radius 2 is 0.879 bits per heavy atom. The maximum absolute atomic E-state index is 7.08. The van der Waals surface area contributed by atoms with Gasteiger partial charge in [0.05, 0.1) is 0 Å². The fourth-order valence-corrected chi connectivity index (χ4v) is 19.2. The lowest BCUT2D eigenvalue weighted by Gasteiger charge is -2.43. The zero-order valence-electron chi connectivity index (χ0n) is 18.6. The van der Waals surface area contributed by atoms with Crippen LogP contribution in [0.1, 0.15) is 29.7 Å². The molecule has 0 radical (unpaired) electrons. The molecule has 0 spiro atoms. The van der Waals surface area contributed by atoms with Crippen molar-refractivity contribution in [2.75, 3.05) is 0 Å². The average Bonchev–Trinajstić information content (AvgIpc) is 2.67. The summed E-state index contributed by atoms with van der Waals surface area (Å²) in [5.74, 6) is 0. The maximum atomic E-state index is 7.08. The first-order chi connectivity index (χ1) is 13.5. The summed E-state index contributed by atoms with van der Waals surface area (Å²) in [4.78, 5) is 0. The van der Waals surface area contributed by atoms with Gasteiger partial charge in [-0.05, 0) is 49.7 Å². The van der Waals surface area contributed by atoms with Gasteiger partial charge < -0.3 is 12.3 Å². The van der Waals surface area contributed by atoms with Crippen LogP contribution in [0.15, 0.2) is 85.2 Å². The van der Waals surface area contributed by atoms with Gasteiger partial charge in [-0.25, -0.2) is 0 Å². The molecule has 0 bridgehead atoms. The Balaban J connectivity index is -0.00000225. The second-order valence-electron chi connectivity index (χ2n) is 8.67. The normalized spacial score (nSPS) is 11.6. The molecule has 2 aromatic carbocycles. The topological polar surface area (TPSA) is 27.7 Å². The Labute approximate surface area is 210 Å². The Bertz CT molecular complexity index is 782. The summed E-state index contributed by atoms with van der Waals surface area (Å²) in [6.07, 6.45) is 0. The Hall–Kier alpha value is -1.33. The molecule has 0 N–H and O–H groups in total. The maximum Gasteiger partial charge on any atom is 0.388 e. The molecule has 188 valence electrons. The van der Waals surface area contributed by atoms with Gasteiger partial charge in [0.15, 0.2) is 8.32 Å². The van der Waals surface area contributed by atoms with Crippen LogP contribution >= 0.6 is 0 Å². The van der Waals surface area contributed by atoms with E-state index in [1.54, 1.807) is 0 Å². The van der Waals surface area contributed by atoms with Crippen LogP contribution in [0.5, 0.6) is 0 Å². The van der Waals surface area contributed by atoms with Gasteiger partial charge in [0.1, 0.15) is 0 Å². The highest BCUT2D eigenvalue weighted by molar-refractivity contribution is 7.03. The minimum absolute atomic E-state index is 0. The van der Waals surface area contributed by atoms with Crippen LogP contribution in [0.4, 0.5) is 0 Å². The van der Waals surface area contributed by atoms with Gasteiger partial charge >= 0.3 is 17.1 Å². The lowest BCUT2D eigenvalue weighted by atomic mass is 10.4. The highest BCUT2D eigenvalue weighted by Gasteiger charge is 2.51. The lowest BCUT2D eigenvalue weighted by molar-refractivity contribution is 0.345. The molecule has 2 rings (SSSR count). The summed E-state index contributed by atoms with van der Waals surface area (Å²) >= 11 is 0. The van der Waals surface area contributed by atoms with Crippen LogP contribution in [-0.2, 0) is 12.3 Å². The third kappa shape index (κ3) is 9.82. The first-order valence-corrected chi connectivity index (χ1v) is 20.5. The van der Waals surface area contributed by atoms with Crippen LogP contribution in [0.2, 0.25) is 39.3 Å². The van der Waals surface area contributed by atoms with E-state index in [0.717, 1.165) is 10.4 Å². The Kier molecular flexibility index (Phi) is 15.5. The fraction of sp³-hybridized carbons (Fsp3) is 0.385. The van der Waals surface area contributed by atoms with Gasteiger partial charge in [0.2, 0.25) is 8.32 Å². The molecule has 3 nitrogen and oxygen atoms in total. The molecule has 33 heavy (non-hydrogen) atoms. The van der Waals surface area contributed by atoms with Crippen molar-refractivity contribution in [3.8, 4) is 0 Å². The predicted molar refractivity (Wildman–Crippen MR) is 161 cm³/mol. The number of hydrogen-bond donors (Lipinski definition) is 0. The van der Waals surface area contributed by atoms with E-state index >= 15 is 0 Å². The molecule has 2 aromatic rings. The van der Waals surface area contributed by atoms with E-state index in [1.165, 1.54) is 0 Å². The zero-order chi connectivity index (χ0) is 21.8. The highest BCUT2D eigenvalue weighted by atomic mass is 28.5. The Morgan fingerprint density at radius 1 is 0.545 bits per heavy atom. The molecular weight excluding hydrogens is 473 g/mol. The molecule has 0 atom stereocenters. The van der Waals surface area contributed by atoms with E-state index in [9.17, 15) is 0 Å². The largest absolute Gasteiger partial charge is 0.433 e. The summed E-state index contributed by atoms with van der Waals surface area (Å²) in [6.45, 7) is 20.9. The summed E-state index contributed by atoms with van der Waals surface area (Å²) in [5, 5.41) is 2.19. The first-order valence-electron chi connectivity index (χ1n) is 9.94. The molecular formula is C26H50O3Si4. The molecule has 0 saturated heterocycles. The molecule has 0 aliphatic heterocycles. The van der Waals surface area contributed by atoms with E-state index in [0.29, 0.717) is 0 Å². The van der Waals surface area contributed by atoms with Crippen LogP contribution in [0.25, 0.3) is 0 Å². The van der Waals surface area contributed by atoms with Gasteiger partial charge in [0.25, 0.3) is 0 Å². The Morgan fingerprint density at radius 3 is 1.21 bits per heavy atom. The van der Waals surface area contributed by atoms with Crippen molar-refractivity contribution in [3.63, 3.8) is 0 Å². The quantitative estimate of drug-likeness (QED) is 0.304. The van der Waals surface area contributed by atoms with Crippen molar-refractivity contribution in [1.82, 2.24) is 0 Å². The van der Waals surface area contributed by atoms with E-state index < -0.39 is 33.8 Å². The van der Waals surface area contributed by atoms with E-state index in [2.05, 4.69) is 76.7 Å². The highest BCUT2D eigenvalue weighted by Crippen LogP contribution is 2.25. The lowest BCUT2D eigenvalue weighted by Crippen LogP contribution is -2.71. The fourth-order valence-electron chi connectivity index (χ4n) is 3.19. The molecule has 0 aromatic heterocycles. The number of rotatable bonds is 10. The standard InChI is InChI=1S/C22H34O3Si4.4CH4/c1-9-26(3,4)23-28(7,8)25-29(24-27(5,6)10-2,21-17-13-11-14-18-21)22-19-15-12-16-20-22;;;;/h9-20H,1-2H2,3-8H3;4*1H4. The molecule has 0 unspecified atom stereocenters. The molecule has 0 fully saturated rings. The second-order valence-corrected chi connectivity index (χ2v) is 23.5. The minimum atomic E-state index is -3.04. The summed E-state index contributed by atoms with van der Waals surface area (Å²) < 4.78 is 20.7. The summed E-state index contributed by atoms with van der Waals surface area (Å²) in [6, 6.07) is 20.7. The van der Waals surface area contributed by atoms with E-state index in [1.807, 2.05) is 47.8 Å². The first kappa shape index (κ1) is 36.2. The van der Waals surface area contributed by atoms with Gasteiger partial charge in [-0.2, -0.15) is 0 Å². The smallest absolute Gasteiger partial charge is 0.388 e. The van der Waals surface area contributed by atoms with Crippen molar-refractivity contribution >= 4 is 44.1 Å². The van der Waals surface area contributed by atoms with Crippen molar-refractivity contribution < 1.29 is 12.3 Å². The zero-order valence-corrected chi connectivity index (χ0v) is 22.6. The SMILES string of the molecule is C.C.C.C.C=C[Si](C)(C)O[Si](C)(C)O[Si](O[Si](C)(C)C=C)(c1ccccc1)c1ccccc1. The molecule has 0 amide bonds. The predicted octanol–water partition coefficient (Wildman–Crippen LogP) is 7.40. The number of hydrogen-bond acceptors (Lipinski definition) is 3. The molecule has 0 aliphatic carbocycles. The summed E-state index contributed by atoms with van der Waals surface area (Å²) in [7, 11) is -9.80. The molecule has 0 saturated carbocycles. The summed E-state index contributed by atoms with van der Waals surface area (Å²) in [5.41, 5.74) is 3.94. The molecule has 7 heteroatoms. The van der Waals surface area contributed by atoms with Gasteiger partial charge in [-0.15, -0.1) is 13.2 Å². The van der Waals surface area contributed by atoms with Crippen LogP contribution in [0.3, 0.4) is 0 Å². The minimum Gasteiger partial charge on any atom is -0.433 e. The monoisotopic (exact) mass is 522 g/mol. The van der Waals surface area contributed by atoms with Crippen molar-refractivity contribution in [1.29, 1.82) is 0 Å². The van der Waals surface area contributed by atoms with Crippen molar-refractivity contribution in [2.45, 2.75) is 69.0 Å². The van der Waals surface area contributed by atoms with Crippen molar-refractivity contribution in [3.05, 3.63) is 85.2 Å². The molecule has 0 aliphatic rings. The third-order valence-electron chi connectivity index (χ3n) is 4.60. The van der Waals surface area contributed by atoms with Gasteiger partial charge in [0, 0.05) is 0 Å². The van der Waals surface area contributed by atoms with Gasteiger partial charge in [-0.1, -0.05) is 102 Å². The van der Waals surface area contributed by atoms with Gasteiger partial charge in [-0.3, -0.25) is 0 Å². The second kappa shape index (κ2) is 14.2. The number of benzene rings is 2. The average molecular weight is 523 g/mol. The van der Waals surface area contributed by atoms with E-state index in [4.69, 9.17) is 12.3 Å².